The zero-order valence-electron chi connectivity index (χ0n) is 13.3. The average Bonchev–Trinajstić information content (AvgIpc) is 3.00. The Kier molecular flexibility index (Phi) is 5.68. The predicted molar refractivity (Wildman–Crippen MR) is 91.5 cm³/mol. The molecule has 0 N–H and O–H groups in total. The summed E-state index contributed by atoms with van der Waals surface area (Å²) in [7, 11) is 0. The minimum atomic E-state index is -0.770. The lowest BCUT2D eigenvalue weighted by Crippen LogP contribution is -2.23. The van der Waals surface area contributed by atoms with Crippen LogP contribution >= 0.6 is 11.6 Å². The molecule has 0 saturated carbocycles. The van der Waals surface area contributed by atoms with E-state index in [4.69, 9.17) is 25.8 Å². The Bertz CT molecular complexity index is 719. The summed E-state index contributed by atoms with van der Waals surface area (Å²) in [4.78, 5) is 24.0. The maximum Gasteiger partial charge on any atom is 0.338 e. The molecule has 1 saturated heterocycles. The number of alkyl halides is 1. The second kappa shape index (κ2) is 8.14. The number of carbonyl (C=O) groups excluding carboxylic acids is 2. The number of benzene rings is 2. The number of carbonyl (C=O) groups is 2. The first-order chi connectivity index (χ1) is 12.1. The summed E-state index contributed by atoms with van der Waals surface area (Å²) in [5.41, 5.74) is 0.147. The van der Waals surface area contributed by atoms with E-state index < -0.39 is 29.7 Å². The van der Waals surface area contributed by atoms with Crippen molar-refractivity contribution in [3.63, 3.8) is 0 Å². The van der Waals surface area contributed by atoms with Gasteiger partial charge in [0.1, 0.15) is 12.7 Å². The van der Waals surface area contributed by atoms with Crippen molar-refractivity contribution in [3.05, 3.63) is 71.8 Å². The van der Waals surface area contributed by atoms with E-state index in [1.165, 1.54) is 0 Å². The number of halogens is 1. The van der Waals surface area contributed by atoms with Crippen molar-refractivity contribution in [2.75, 3.05) is 6.61 Å². The molecule has 2 aromatic rings. The van der Waals surface area contributed by atoms with Gasteiger partial charge in [0.05, 0.1) is 17.2 Å². The highest BCUT2D eigenvalue weighted by Gasteiger charge is 2.37. The molecule has 6 heteroatoms. The van der Waals surface area contributed by atoms with Gasteiger partial charge in [0.2, 0.25) is 0 Å². The Morgan fingerprint density at radius 3 is 2.12 bits per heavy atom. The molecular formula is C19H17ClO5. The van der Waals surface area contributed by atoms with Gasteiger partial charge in [-0.05, 0) is 24.3 Å². The normalized spacial score (nSPS) is 22.4. The minimum Gasteiger partial charge on any atom is -0.459 e. The van der Waals surface area contributed by atoms with E-state index >= 15 is 0 Å². The van der Waals surface area contributed by atoms with Gasteiger partial charge >= 0.3 is 11.9 Å². The van der Waals surface area contributed by atoms with Crippen LogP contribution in [0, 0.1) is 0 Å². The van der Waals surface area contributed by atoms with Crippen molar-refractivity contribution in [1.82, 2.24) is 0 Å². The fourth-order valence-corrected chi connectivity index (χ4v) is 2.81. The fourth-order valence-electron chi connectivity index (χ4n) is 2.51. The third-order valence-electron chi connectivity index (χ3n) is 3.79. The SMILES string of the molecule is O=C(OCC1CC(OC(=O)c2ccccc2)C(Cl)O1)c1ccccc1. The quantitative estimate of drug-likeness (QED) is 0.604. The molecule has 0 radical (unpaired) electrons. The zero-order chi connectivity index (χ0) is 17.6. The predicted octanol–water partition coefficient (Wildman–Crippen LogP) is 3.42. The van der Waals surface area contributed by atoms with Crippen molar-refractivity contribution in [2.24, 2.45) is 0 Å². The highest BCUT2D eigenvalue weighted by molar-refractivity contribution is 6.20. The van der Waals surface area contributed by atoms with E-state index in [1.54, 1.807) is 48.5 Å². The van der Waals surface area contributed by atoms with Crippen molar-refractivity contribution in [3.8, 4) is 0 Å². The summed E-state index contributed by atoms with van der Waals surface area (Å²) < 4.78 is 16.1. The number of esters is 2. The molecule has 5 nitrogen and oxygen atoms in total. The molecule has 0 bridgehead atoms. The summed E-state index contributed by atoms with van der Waals surface area (Å²) in [6.45, 7) is 0.0519. The van der Waals surface area contributed by atoms with E-state index in [9.17, 15) is 9.59 Å². The van der Waals surface area contributed by atoms with Crippen LogP contribution in [0.3, 0.4) is 0 Å². The zero-order valence-corrected chi connectivity index (χ0v) is 14.1. The first-order valence-electron chi connectivity index (χ1n) is 7.91. The van der Waals surface area contributed by atoms with E-state index in [0.717, 1.165) is 0 Å². The molecule has 1 aliphatic heterocycles. The molecule has 0 aliphatic carbocycles. The highest BCUT2D eigenvalue weighted by Crippen LogP contribution is 2.27. The Morgan fingerprint density at radius 2 is 1.52 bits per heavy atom. The van der Waals surface area contributed by atoms with Crippen LogP contribution < -0.4 is 0 Å². The first-order valence-corrected chi connectivity index (χ1v) is 8.35. The maximum atomic E-state index is 12.1. The summed E-state index contributed by atoms with van der Waals surface area (Å²) >= 11 is 6.10. The van der Waals surface area contributed by atoms with E-state index in [-0.39, 0.29) is 6.61 Å². The van der Waals surface area contributed by atoms with Crippen LogP contribution in [0.2, 0.25) is 0 Å². The van der Waals surface area contributed by atoms with Crippen molar-refractivity contribution < 1.29 is 23.8 Å². The first kappa shape index (κ1) is 17.5. The molecule has 1 fully saturated rings. The largest absolute Gasteiger partial charge is 0.459 e. The summed E-state index contributed by atoms with van der Waals surface area (Å²) in [6.07, 6.45) is -0.632. The van der Waals surface area contributed by atoms with Crippen molar-refractivity contribution in [2.45, 2.75) is 24.2 Å². The van der Waals surface area contributed by atoms with Crippen LogP contribution in [-0.2, 0) is 14.2 Å². The monoisotopic (exact) mass is 360 g/mol. The standard InChI is InChI=1S/C19H17ClO5/c20-17-16(25-19(22)14-9-5-2-6-10-14)11-15(24-17)12-23-18(21)13-7-3-1-4-8-13/h1-10,15-17H,11-12H2. The molecule has 25 heavy (non-hydrogen) atoms. The Labute approximate surface area is 150 Å². The number of rotatable bonds is 5. The molecule has 3 rings (SSSR count). The molecule has 0 aromatic heterocycles. The Hall–Kier alpha value is -2.37. The van der Waals surface area contributed by atoms with E-state index in [0.29, 0.717) is 17.5 Å². The molecule has 3 atom stereocenters. The molecule has 3 unspecified atom stereocenters. The van der Waals surface area contributed by atoms with E-state index in [2.05, 4.69) is 0 Å². The summed E-state index contributed by atoms with van der Waals surface area (Å²) in [5, 5.41) is 0. The summed E-state index contributed by atoms with van der Waals surface area (Å²) in [6, 6.07) is 17.3. The van der Waals surface area contributed by atoms with Crippen LogP contribution in [0.25, 0.3) is 0 Å². The molecule has 0 spiro atoms. The number of ether oxygens (including phenoxy) is 3. The van der Waals surface area contributed by atoms with Gasteiger partial charge < -0.3 is 14.2 Å². The third kappa shape index (κ3) is 4.59. The third-order valence-corrected chi connectivity index (χ3v) is 4.17. The van der Waals surface area contributed by atoms with Gasteiger partial charge in [-0.15, -0.1) is 0 Å². The van der Waals surface area contributed by atoms with Crippen LogP contribution in [0.1, 0.15) is 27.1 Å². The molecule has 0 amide bonds. The van der Waals surface area contributed by atoms with Crippen molar-refractivity contribution >= 4 is 23.5 Å². The minimum absolute atomic E-state index is 0.0519. The number of hydrogen-bond donors (Lipinski definition) is 0. The molecular weight excluding hydrogens is 344 g/mol. The topological polar surface area (TPSA) is 61.8 Å². The van der Waals surface area contributed by atoms with Gasteiger partial charge in [-0.1, -0.05) is 48.0 Å². The Morgan fingerprint density at radius 1 is 0.960 bits per heavy atom. The van der Waals surface area contributed by atoms with Crippen molar-refractivity contribution in [1.29, 1.82) is 0 Å². The van der Waals surface area contributed by atoms with Crippen LogP contribution in [-0.4, -0.2) is 36.3 Å². The second-order valence-corrected chi connectivity index (χ2v) is 6.05. The molecule has 2 aromatic carbocycles. The van der Waals surface area contributed by atoms with Gasteiger partial charge in [0.15, 0.2) is 5.56 Å². The number of hydrogen-bond acceptors (Lipinski definition) is 5. The van der Waals surface area contributed by atoms with Crippen LogP contribution in [0.15, 0.2) is 60.7 Å². The van der Waals surface area contributed by atoms with Crippen LogP contribution in [0.5, 0.6) is 0 Å². The van der Waals surface area contributed by atoms with Gasteiger partial charge in [-0.25, -0.2) is 9.59 Å². The maximum absolute atomic E-state index is 12.1. The Balaban J connectivity index is 1.50. The lowest BCUT2D eigenvalue weighted by Gasteiger charge is -2.13. The summed E-state index contributed by atoms with van der Waals surface area (Å²) in [5.74, 6) is -0.887. The van der Waals surface area contributed by atoms with Gasteiger partial charge in [-0.3, -0.25) is 0 Å². The lowest BCUT2D eigenvalue weighted by atomic mass is 10.2. The van der Waals surface area contributed by atoms with E-state index in [1.807, 2.05) is 12.1 Å². The molecule has 130 valence electrons. The average molecular weight is 361 g/mol. The smallest absolute Gasteiger partial charge is 0.338 e. The molecule has 1 aliphatic rings. The fraction of sp³-hybridized carbons (Fsp3) is 0.263. The molecule has 1 heterocycles. The second-order valence-electron chi connectivity index (χ2n) is 5.62. The van der Waals surface area contributed by atoms with Gasteiger partial charge in [0.25, 0.3) is 0 Å². The van der Waals surface area contributed by atoms with Gasteiger partial charge in [-0.2, -0.15) is 0 Å². The van der Waals surface area contributed by atoms with Crippen LogP contribution in [0.4, 0.5) is 0 Å². The van der Waals surface area contributed by atoms with Gasteiger partial charge in [0, 0.05) is 6.42 Å². The lowest BCUT2D eigenvalue weighted by molar-refractivity contribution is 0.0000680. The highest BCUT2D eigenvalue weighted by atomic mass is 35.5.